The Labute approximate surface area is 294 Å². The van der Waals surface area contributed by atoms with Crippen LogP contribution in [-0.2, 0) is 0 Å². The van der Waals surface area contributed by atoms with E-state index < -0.39 is 0 Å². The lowest BCUT2D eigenvalue weighted by Crippen LogP contribution is -2.11. The summed E-state index contributed by atoms with van der Waals surface area (Å²) in [5, 5.41) is 4.35. The Kier molecular flexibility index (Phi) is 6.78. The van der Waals surface area contributed by atoms with Crippen LogP contribution in [-0.4, -0.2) is 4.98 Å². The Morgan fingerprint density at radius 2 is 1.04 bits per heavy atom. The van der Waals surface area contributed by atoms with Gasteiger partial charge in [0.15, 0.2) is 5.58 Å². The Hall–Kier alpha value is -6.91. The number of nitrogens with zero attached hydrogens (tertiary/aromatic N) is 2. The second kappa shape index (κ2) is 11.9. The van der Waals surface area contributed by atoms with Crippen LogP contribution < -0.4 is 4.90 Å². The predicted octanol–water partition coefficient (Wildman–Crippen LogP) is 13.4. The van der Waals surface area contributed by atoms with E-state index in [9.17, 15) is 0 Å². The summed E-state index contributed by atoms with van der Waals surface area (Å²) in [6.07, 6.45) is 0. The average Bonchev–Trinajstić information content (AvgIpc) is 3.81. The summed E-state index contributed by atoms with van der Waals surface area (Å²) >= 11 is 0. The van der Waals surface area contributed by atoms with E-state index in [1.54, 1.807) is 0 Å². The lowest BCUT2D eigenvalue weighted by molar-refractivity contribution is 0.619. The fourth-order valence-electron chi connectivity index (χ4n) is 7.30. The Bertz CT molecular complexity index is 2850. The predicted molar refractivity (Wildman–Crippen MR) is 210 cm³/mol. The number of rotatable bonds is 6. The SMILES string of the molecule is c1ccc(-c2ccc(N(c3ccc4oc5ccc6oc(-c7ccccc7)nc6c5c4c3)c3ccccc3-c3cccc4ccccc34)cc2)cc1. The fourth-order valence-corrected chi connectivity index (χ4v) is 7.30. The zero-order valence-corrected chi connectivity index (χ0v) is 27.5. The molecule has 0 saturated carbocycles. The van der Waals surface area contributed by atoms with Gasteiger partial charge in [-0.05, 0) is 88.1 Å². The van der Waals surface area contributed by atoms with Gasteiger partial charge in [0.05, 0.1) is 11.1 Å². The Morgan fingerprint density at radius 3 is 1.88 bits per heavy atom. The minimum absolute atomic E-state index is 0.591. The number of oxazole rings is 1. The highest BCUT2D eigenvalue weighted by atomic mass is 16.4. The lowest BCUT2D eigenvalue weighted by atomic mass is 9.96. The summed E-state index contributed by atoms with van der Waals surface area (Å²) in [7, 11) is 0. The third-order valence-corrected chi connectivity index (χ3v) is 9.71. The first-order valence-corrected chi connectivity index (χ1v) is 17.1. The van der Waals surface area contributed by atoms with Gasteiger partial charge in [-0.2, -0.15) is 0 Å². The molecular weight excluding hydrogens is 625 g/mol. The van der Waals surface area contributed by atoms with Crippen molar-refractivity contribution >= 4 is 60.9 Å². The number of hydrogen-bond acceptors (Lipinski definition) is 4. The van der Waals surface area contributed by atoms with Crippen LogP contribution in [0.25, 0.3) is 77.5 Å². The van der Waals surface area contributed by atoms with Gasteiger partial charge in [0.1, 0.15) is 16.7 Å². The van der Waals surface area contributed by atoms with E-state index in [1.807, 2.05) is 42.5 Å². The fraction of sp³-hybridized carbons (Fsp3) is 0. The van der Waals surface area contributed by atoms with Crippen LogP contribution in [0.2, 0.25) is 0 Å². The zero-order valence-electron chi connectivity index (χ0n) is 27.5. The van der Waals surface area contributed by atoms with E-state index in [0.29, 0.717) is 5.89 Å². The Balaban J connectivity index is 1.20. The van der Waals surface area contributed by atoms with Crippen LogP contribution in [0.1, 0.15) is 0 Å². The smallest absolute Gasteiger partial charge is 0.227 e. The average molecular weight is 655 g/mol. The molecule has 0 N–H and O–H groups in total. The van der Waals surface area contributed by atoms with Crippen molar-refractivity contribution in [2.75, 3.05) is 4.90 Å². The molecule has 0 spiro atoms. The summed E-state index contributed by atoms with van der Waals surface area (Å²) < 4.78 is 12.7. The normalized spacial score (nSPS) is 11.5. The maximum atomic E-state index is 6.43. The van der Waals surface area contributed by atoms with Gasteiger partial charge in [-0.1, -0.05) is 121 Å². The molecule has 2 heterocycles. The van der Waals surface area contributed by atoms with Gasteiger partial charge in [0.2, 0.25) is 5.89 Å². The highest BCUT2D eigenvalue weighted by molar-refractivity contribution is 6.17. The van der Waals surface area contributed by atoms with Crippen LogP contribution in [0.3, 0.4) is 0 Å². The molecule has 0 aliphatic rings. The molecule has 10 aromatic rings. The third-order valence-electron chi connectivity index (χ3n) is 9.71. The molecule has 0 saturated heterocycles. The molecule has 4 heteroatoms. The lowest BCUT2D eigenvalue weighted by Gasteiger charge is -2.28. The standard InChI is InChI=1S/C47H30N2O2/c1-3-12-31(13-4-1)32-22-24-35(25-23-32)49(41-21-10-9-19-39(41)38-20-11-17-33-14-7-8-18-37(33)38)36-26-27-42-40(30-36)45-43(50-42)28-29-44-46(45)48-47(51-44)34-15-5-2-6-16-34/h1-30H. The van der Waals surface area contributed by atoms with Crippen LogP contribution in [0.5, 0.6) is 0 Å². The molecule has 0 aliphatic heterocycles. The zero-order chi connectivity index (χ0) is 33.7. The number of furan rings is 1. The first-order chi connectivity index (χ1) is 25.3. The van der Waals surface area contributed by atoms with Crippen molar-refractivity contribution in [1.29, 1.82) is 0 Å². The molecule has 2 aromatic heterocycles. The molecule has 0 unspecified atom stereocenters. The summed E-state index contributed by atoms with van der Waals surface area (Å²) in [5.74, 6) is 0.591. The molecule has 0 fully saturated rings. The molecule has 10 rings (SSSR count). The van der Waals surface area contributed by atoms with Crippen molar-refractivity contribution in [2.45, 2.75) is 0 Å². The van der Waals surface area contributed by atoms with E-state index in [1.165, 1.54) is 27.5 Å². The van der Waals surface area contributed by atoms with Crippen LogP contribution >= 0.6 is 0 Å². The second-order valence-electron chi connectivity index (χ2n) is 12.7. The number of para-hydroxylation sites is 1. The first kappa shape index (κ1) is 29.0. The molecule has 0 atom stereocenters. The van der Waals surface area contributed by atoms with E-state index >= 15 is 0 Å². The van der Waals surface area contributed by atoms with Gasteiger partial charge in [-0.25, -0.2) is 4.98 Å². The van der Waals surface area contributed by atoms with Gasteiger partial charge in [-0.15, -0.1) is 0 Å². The molecule has 0 amide bonds. The highest BCUT2D eigenvalue weighted by Gasteiger charge is 2.21. The van der Waals surface area contributed by atoms with Gasteiger partial charge in [-0.3, -0.25) is 0 Å². The number of anilines is 3. The first-order valence-electron chi connectivity index (χ1n) is 17.1. The number of benzene rings is 8. The minimum atomic E-state index is 0.591. The third kappa shape index (κ3) is 4.96. The summed E-state index contributed by atoms with van der Waals surface area (Å²) in [5.41, 5.74) is 11.8. The van der Waals surface area contributed by atoms with Crippen LogP contribution in [0, 0.1) is 0 Å². The minimum Gasteiger partial charge on any atom is -0.456 e. The maximum absolute atomic E-state index is 6.43. The second-order valence-corrected chi connectivity index (χ2v) is 12.7. The molecule has 0 aliphatic carbocycles. The van der Waals surface area contributed by atoms with Gasteiger partial charge < -0.3 is 13.7 Å². The van der Waals surface area contributed by atoms with Crippen molar-refractivity contribution in [3.63, 3.8) is 0 Å². The Morgan fingerprint density at radius 1 is 0.412 bits per heavy atom. The summed E-state index contributed by atoms with van der Waals surface area (Å²) in [6.45, 7) is 0. The van der Waals surface area contributed by atoms with Gasteiger partial charge >= 0.3 is 0 Å². The van der Waals surface area contributed by atoms with E-state index in [4.69, 9.17) is 13.8 Å². The highest BCUT2D eigenvalue weighted by Crippen LogP contribution is 2.45. The van der Waals surface area contributed by atoms with Crippen molar-refractivity contribution in [3.05, 3.63) is 182 Å². The van der Waals surface area contributed by atoms with E-state index in [0.717, 1.165) is 61.2 Å². The van der Waals surface area contributed by atoms with E-state index in [-0.39, 0.29) is 0 Å². The van der Waals surface area contributed by atoms with Gasteiger partial charge in [0, 0.05) is 27.9 Å². The van der Waals surface area contributed by atoms with Crippen LogP contribution in [0.15, 0.2) is 191 Å². The number of fused-ring (bicyclic) bond motifs is 6. The number of aromatic nitrogens is 1. The molecule has 8 aromatic carbocycles. The topological polar surface area (TPSA) is 42.4 Å². The van der Waals surface area contributed by atoms with Crippen molar-refractivity contribution in [3.8, 4) is 33.7 Å². The van der Waals surface area contributed by atoms with E-state index in [2.05, 4.69) is 144 Å². The largest absolute Gasteiger partial charge is 0.456 e. The molecular formula is C47H30N2O2. The molecule has 0 bridgehead atoms. The maximum Gasteiger partial charge on any atom is 0.227 e. The van der Waals surface area contributed by atoms with Gasteiger partial charge in [0.25, 0.3) is 0 Å². The summed E-state index contributed by atoms with van der Waals surface area (Å²) in [4.78, 5) is 7.35. The quantitative estimate of drug-likeness (QED) is 0.179. The molecule has 0 radical (unpaired) electrons. The van der Waals surface area contributed by atoms with Crippen LogP contribution in [0.4, 0.5) is 17.1 Å². The molecule has 51 heavy (non-hydrogen) atoms. The number of hydrogen-bond donors (Lipinski definition) is 0. The molecule has 4 nitrogen and oxygen atoms in total. The van der Waals surface area contributed by atoms with Crippen molar-refractivity contribution < 1.29 is 8.83 Å². The molecule has 240 valence electrons. The van der Waals surface area contributed by atoms with Crippen molar-refractivity contribution in [2.24, 2.45) is 0 Å². The van der Waals surface area contributed by atoms with Crippen molar-refractivity contribution in [1.82, 2.24) is 4.98 Å². The summed E-state index contributed by atoms with van der Waals surface area (Å²) in [6, 6.07) is 63.5. The monoisotopic (exact) mass is 654 g/mol.